The highest BCUT2D eigenvalue weighted by molar-refractivity contribution is 5.93. The Balaban J connectivity index is 1.51. The van der Waals surface area contributed by atoms with Crippen molar-refractivity contribution in [3.8, 4) is 0 Å². The molecule has 3 aliphatic rings. The van der Waals surface area contributed by atoms with Crippen LogP contribution < -0.4 is 0 Å². The fourth-order valence-corrected chi connectivity index (χ4v) is 3.55. The van der Waals surface area contributed by atoms with Crippen molar-refractivity contribution in [3.05, 3.63) is 17.8 Å². The molecule has 2 unspecified atom stereocenters. The summed E-state index contributed by atoms with van der Waals surface area (Å²) in [5.74, 6) is 1.18. The lowest BCUT2D eigenvalue weighted by Gasteiger charge is -2.51. The predicted molar refractivity (Wildman–Crippen MR) is 66.9 cm³/mol. The molecule has 5 heteroatoms. The standard InChI is InChI=1S/C14H18N2O3/c17-14(16-10-5-11(16)7-18-6-10)12-8-19-13(15-12)9-3-1-2-4-9/h8-11H,1-7H2. The average Bonchev–Trinajstić information content (AvgIpc) is 3.10. The van der Waals surface area contributed by atoms with E-state index in [9.17, 15) is 4.79 Å². The van der Waals surface area contributed by atoms with Crippen molar-refractivity contribution in [2.75, 3.05) is 13.2 Å². The highest BCUT2D eigenvalue weighted by Gasteiger charge is 2.46. The van der Waals surface area contributed by atoms with E-state index in [4.69, 9.17) is 9.15 Å². The third kappa shape index (κ3) is 1.79. The van der Waals surface area contributed by atoms with Gasteiger partial charge >= 0.3 is 0 Å². The van der Waals surface area contributed by atoms with Gasteiger partial charge in [-0.05, 0) is 19.3 Å². The largest absolute Gasteiger partial charge is 0.448 e. The summed E-state index contributed by atoms with van der Waals surface area (Å²) in [7, 11) is 0. The molecular weight excluding hydrogens is 244 g/mol. The Morgan fingerprint density at radius 2 is 2.00 bits per heavy atom. The molecular formula is C14H18N2O3. The lowest BCUT2D eigenvalue weighted by molar-refractivity contribution is -0.104. The lowest BCUT2D eigenvalue weighted by Crippen LogP contribution is -2.65. The maximum absolute atomic E-state index is 12.4. The fourth-order valence-electron chi connectivity index (χ4n) is 3.55. The molecule has 0 spiro atoms. The van der Waals surface area contributed by atoms with E-state index in [2.05, 4.69) is 4.98 Å². The molecule has 1 aromatic rings. The molecule has 2 atom stereocenters. The van der Waals surface area contributed by atoms with Gasteiger partial charge in [-0.2, -0.15) is 0 Å². The van der Waals surface area contributed by atoms with Gasteiger partial charge in [0.1, 0.15) is 6.26 Å². The van der Waals surface area contributed by atoms with Gasteiger partial charge in [0, 0.05) is 5.92 Å². The summed E-state index contributed by atoms with van der Waals surface area (Å²) in [4.78, 5) is 18.8. The van der Waals surface area contributed by atoms with Crippen molar-refractivity contribution in [3.63, 3.8) is 0 Å². The SMILES string of the molecule is O=C(c1coc(C2CCCC2)n1)N1C2COCC1C2. The molecule has 2 aliphatic heterocycles. The van der Waals surface area contributed by atoms with E-state index in [0.717, 1.165) is 25.2 Å². The van der Waals surface area contributed by atoms with Crippen LogP contribution in [0.1, 0.15) is 54.4 Å². The van der Waals surface area contributed by atoms with E-state index in [1.165, 1.54) is 19.1 Å². The molecule has 2 bridgehead atoms. The first-order valence-electron chi connectivity index (χ1n) is 7.19. The number of ether oxygens (including phenoxy) is 1. The molecule has 4 rings (SSSR count). The number of carbonyl (C=O) groups excluding carboxylic acids is 1. The molecule has 2 saturated heterocycles. The van der Waals surface area contributed by atoms with Gasteiger partial charge < -0.3 is 14.1 Å². The molecule has 19 heavy (non-hydrogen) atoms. The van der Waals surface area contributed by atoms with Crippen molar-refractivity contribution >= 4 is 5.91 Å². The van der Waals surface area contributed by atoms with Crippen molar-refractivity contribution in [2.24, 2.45) is 0 Å². The minimum absolute atomic E-state index is 0.0116. The number of amides is 1. The minimum Gasteiger partial charge on any atom is -0.448 e. The van der Waals surface area contributed by atoms with Crippen LogP contribution in [-0.4, -0.2) is 41.1 Å². The molecule has 3 heterocycles. The van der Waals surface area contributed by atoms with Gasteiger partial charge in [-0.1, -0.05) is 12.8 Å². The fraction of sp³-hybridized carbons (Fsp3) is 0.714. The molecule has 1 saturated carbocycles. The van der Waals surface area contributed by atoms with E-state index in [1.54, 1.807) is 0 Å². The highest BCUT2D eigenvalue weighted by Crippen LogP contribution is 2.35. The Morgan fingerprint density at radius 3 is 2.68 bits per heavy atom. The van der Waals surface area contributed by atoms with Crippen molar-refractivity contribution in [1.29, 1.82) is 0 Å². The third-order valence-corrected chi connectivity index (χ3v) is 4.63. The van der Waals surface area contributed by atoms with Gasteiger partial charge in [0.05, 0.1) is 25.3 Å². The van der Waals surface area contributed by atoms with Gasteiger partial charge in [0.2, 0.25) is 0 Å². The van der Waals surface area contributed by atoms with E-state index in [1.807, 2.05) is 4.90 Å². The summed E-state index contributed by atoms with van der Waals surface area (Å²) in [5.41, 5.74) is 0.471. The highest BCUT2D eigenvalue weighted by atomic mass is 16.5. The second-order valence-corrected chi connectivity index (χ2v) is 5.85. The minimum atomic E-state index is 0.0116. The quantitative estimate of drug-likeness (QED) is 0.817. The van der Waals surface area contributed by atoms with E-state index < -0.39 is 0 Å². The third-order valence-electron chi connectivity index (χ3n) is 4.63. The van der Waals surface area contributed by atoms with Crippen molar-refractivity contribution < 1.29 is 13.9 Å². The second-order valence-electron chi connectivity index (χ2n) is 5.85. The summed E-state index contributed by atoms with van der Waals surface area (Å²) >= 11 is 0. The summed E-state index contributed by atoms with van der Waals surface area (Å²) < 4.78 is 10.9. The molecule has 3 fully saturated rings. The number of fused-ring (bicyclic) bond motifs is 2. The summed E-state index contributed by atoms with van der Waals surface area (Å²) in [6.45, 7) is 1.32. The number of oxazole rings is 1. The normalized spacial score (nSPS) is 30.4. The van der Waals surface area contributed by atoms with E-state index in [0.29, 0.717) is 24.8 Å². The van der Waals surface area contributed by atoms with Crippen LogP contribution in [-0.2, 0) is 4.74 Å². The van der Waals surface area contributed by atoms with Crippen molar-refractivity contribution in [2.45, 2.75) is 50.1 Å². The van der Waals surface area contributed by atoms with E-state index in [-0.39, 0.29) is 18.0 Å². The molecule has 1 aromatic heterocycles. The van der Waals surface area contributed by atoms with Gasteiger partial charge in [-0.3, -0.25) is 4.79 Å². The first kappa shape index (κ1) is 11.5. The number of nitrogens with zero attached hydrogens (tertiary/aromatic N) is 2. The van der Waals surface area contributed by atoms with Crippen LogP contribution in [0.2, 0.25) is 0 Å². The molecule has 1 aliphatic carbocycles. The van der Waals surface area contributed by atoms with Crippen LogP contribution in [0.25, 0.3) is 0 Å². The Labute approximate surface area is 111 Å². The Hall–Kier alpha value is -1.36. The number of aromatic nitrogens is 1. The summed E-state index contributed by atoms with van der Waals surface area (Å²) in [6, 6.07) is 0.496. The number of hydrogen-bond donors (Lipinski definition) is 0. The van der Waals surface area contributed by atoms with Crippen LogP contribution in [0.5, 0.6) is 0 Å². The molecule has 5 nitrogen and oxygen atoms in total. The maximum Gasteiger partial charge on any atom is 0.276 e. The molecule has 0 aromatic carbocycles. The monoisotopic (exact) mass is 262 g/mol. The van der Waals surface area contributed by atoms with E-state index >= 15 is 0 Å². The van der Waals surface area contributed by atoms with Gasteiger partial charge in [-0.15, -0.1) is 0 Å². The van der Waals surface area contributed by atoms with Gasteiger partial charge in [0.25, 0.3) is 5.91 Å². The zero-order valence-corrected chi connectivity index (χ0v) is 10.9. The first-order chi connectivity index (χ1) is 9.33. The van der Waals surface area contributed by atoms with Crippen LogP contribution in [0.15, 0.2) is 10.7 Å². The molecule has 0 radical (unpaired) electrons. The van der Waals surface area contributed by atoms with Crippen LogP contribution in [0.4, 0.5) is 0 Å². The number of hydrogen-bond acceptors (Lipinski definition) is 4. The summed E-state index contributed by atoms with van der Waals surface area (Å²) in [6.07, 6.45) is 7.35. The summed E-state index contributed by atoms with van der Waals surface area (Å²) in [5, 5.41) is 0. The van der Waals surface area contributed by atoms with Crippen molar-refractivity contribution in [1.82, 2.24) is 9.88 Å². The molecule has 1 amide bonds. The maximum atomic E-state index is 12.4. The average molecular weight is 262 g/mol. The van der Waals surface area contributed by atoms with Crippen LogP contribution in [0.3, 0.4) is 0 Å². The van der Waals surface area contributed by atoms with Crippen LogP contribution in [0, 0.1) is 0 Å². The molecule has 102 valence electrons. The van der Waals surface area contributed by atoms with Crippen LogP contribution >= 0.6 is 0 Å². The predicted octanol–water partition coefficient (Wildman–Crippen LogP) is 1.95. The Morgan fingerprint density at radius 1 is 1.26 bits per heavy atom. The zero-order chi connectivity index (χ0) is 12.8. The molecule has 0 N–H and O–H groups in total. The zero-order valence-electron chi connectivity index (χ0n) is 10.9. The smallest absolute Gasteiger partial charge is 0.276 e. The number of carbonyl (C=O) groups is 1. The van der Waals surface area contributed by atoms with Gasteiger partial charge in [-0.25, -0.2) is 4.98 Å². The lowest BCUT2D eigenvalue weighted by atomic mass is 9.91. The van der Waals surface area contributed by atoms with Gasteiger partial charge in [0.15, 0.2) is 11.6 Å². The Bertz CT molecular complexity index is 479. The number of morpholine rings is 1. The number of rotatable bonds is 2. The second kappa shape index (κ2) is 4.34. The topological polar surface area (TPSA) is 55.6 Å². The Kier molecular flexibility index (Phi) is 2.62. The first-order valence-corrected chi connectivity index (χ1v) is 7.19.